The van der Waals surface area contributed by atoms with Crippen LogP contribution in [-0.4, -0.2) is 13.7 Å². The summed E-state index contributed by atoms with van der Waals surface area (Å²) in [6.07, 6.45) is 2.07. The van der Waals surface area contributed by atoms with Crippen molar-refractivity contribution in [3.05, 3.63) is 29.3 Å². The van der Waals surface area contributed by atoms with E-state index < -0.39 is 0 Å². The van der Waals surface area contributed by atoms with E-state index in [9.17, 15) is 0 Å². The molecule has 0 fully saturated rings. The molecule has 0 saturated heterocycles. The fourth-order valence-electron chi connectivity index (χ4n) is 1.79. The van der Waals surface area contributed by atoms with Crippen molar-refractivity contribution in [1.82, 2.24) is 0 Å². The van der Waals surface area contributed by atoms with Gasteiger partial charge in [0.1, 0.15) is 5.75 Å². The number of benzene rings is 1. The number of aryl methyl sites for hydroxylation is 1. The fraction of sp³-hybridized carbons (Fsp3) is 0.538. The summed E-state index contributed by atoms with van der Waals surface area (Å²) >= 11 is 0. The largest absolute Gasteiger partial charge is 0.496 e. The summed E-state index contributed by atoms with van der Waals surface area (Å²) < 4.78 is 5.37. The van der Waals surface area contributed by atoms with E-state index in [2.05, 4.69) is 32.0 Å². The Balaban J connectivity index is 3.00. The molecule has 1 aromatic carbocycles. The molecule has 0 aliphatic rings. The Morgan fingerprint density at radius 3 is 2.67 bits per heavy atom. The van der Waals surface area contributed by atoms with Gasteiger partial charge in [0, 0.05) is 0 Å². The molecule has 2 nitrogen and oxygen atoms in total. The molecule has 2 N–H and O–H groups in total. The molecule has 0 heterocycles. The Bertz CT molecular complexity index is 309. The van der Waals surface area contributed by atoms with Gasteiger partial charge < -0.3 is 10.5 Å². The molecule has 0 amide bonds. The van der Waals surface area contributed by atoms with Gasteiger partial charge in [-0.25, -0.2) is 0 Å². The zero-order valence-electron chi connectivity index (χ0n) is 9.92. The van der Waals surface area contributed by atoms with Crippen LogP contribution in [0.15, 0.2) is 18.2 Å². The lowest BCUT2D eigenvalue weighted by atomic mass is 9.94. The highest BCUT2D eigenvalue weighted by atomic mass is 16.5. The lowest BCUT2D eigenvalue weighted by Gasteiger charge is -2.16. The second-order valence-electron chi connectivity index (χ2n) is 3.91. The predicted octanol–water partition coefficient (Wildman–Crippen LogP) is 2.71. The van der Waals surface area contributed by atoms with Gasteiger partial charge in [-0.2, -0.15) is 0 Å². The van der Waals surface area contributed by atoms with Crippen molar-refractivity contribution in [1.29, 1.82) is 0 Å². The quantitative estimate of drug-likeness (QED) is 0.805. The number of hydrogen-bond donors (Lipinski definition) is 1. The van der Waals surface area contributed by atoms with E-state index in [-0.39, 0.29) is 0 Å². The molecule has 15 heavy (non-hydrogen) atoms. The first-order chi connectivity index (χ1) is 7.22. The SMILES string of the molecule is CCc1ccc(OC)c(C(C)CCN)c1. The van der Waals surface area contributed by atoms with Crippen molar-refractivity contribution in [3.8, 4) is 5.75 Å². The maximum Gasteiger partial charge on any atom is 0.122 e. The van der Waals surface area contributed by atoms with E-state index in [4.69, 9.17) is 10.5 Å². The molecule has 2 heteroatoms. The molecule has 1 atom stereocenters. The number of hydrogen-bond acceptors (Lipinski definition) is 2. The summed E-state index contributed by atoms with van der Waals surface area (Å²) in [6.45, 7) is 5.09. The van der Waals surface area contributed by atoms with Crippen LogP contribution in [0.1, 0.15) is 37.3 Å². The van der Waals surface area contributed by atoms with Crippen LogP contribution in [0.5, 0.6) is 5.75 Å². The van der Waals surface area contributed by atoms with E-state index >= 15 is 0 Å². The Morgan fingerprint density at radius 2 is 2.13 bits per heavy atom. The van der Waals surface area contributed by atoms with Crippen LogP contribution in [0.3, 0.4) is 0 Å². The van der Waals surface area contributed by atoms with Crippen molar-refractivity contribution in [3.63, 3.8) is 0 Å². The van der Waals surface area contributed by atoms with Gasteiger partial charge in [-0.05, 0) is 42.5 Å². The molecule has 0 spiro atoms. The normalized spacial score (nSPS) is 12.5. The summed E-state index contributed by atoms with van der Waals surface area (Å²) in [6, 6.07) is 6.41. The summed E-state index contributed by atoms with van der Waals surface area (Å²) in [5, 5.41) is 0. The van der Waals surface area contributed by atoms with Crippen LogP contribution >= 0.6 is 0 Å². The number of ether oxygens (including phenoxy) is 1. The van der Waals surface area contributed by atoms with E-state index in [0.29, 0.717) is 5.92 Å². The van der Waals surface area contributed by atoms with Gasteiger partial charge in [-0.15, -0.1) is 0 Å². The first kappa shape index (κ1) is 12.1. The second kappa shape index (κ2) is 5.76. The van der Waals surface area contributed by atoms with Crippen molar-refractivity contribution in [2.75, 3.05) is 13.7 Å². The van der Waals surface area contributed by atoms with E-state index in [0.717, 1.165) is 25.1 Å². The molecule has 84 valence electrons. The van der Waals surface area contributed by atoms with Crippen LogP contribution < -0.4 is 10.5 Å². The highest BCUT2D eigenvalue weighted by molar-refractivity contribution is 5.39. The average Bonchev–Trinajstić information content (AvgIpc) is 2.28. The Labute approximate surface area is 92.4 Å². The minimum atomic E-state index is 0.469. The minimum absolute atomic E-state index is 0.469. The topological polar surface area (TPSA) is 35.2 Å². The maximum absolute atomic E-state index is 5.59. The summed E-state index contributed by atoms with van der Waals surface area (Å²) in [7, 11) is 1.72. The number of rotatable bonds is 5. The first-order valence-electron chi connectivity index (χ1n) is 5.59. The minimum Gasteiger partial charge on any atom is -0.496 e. The van der Waals surface area contributed by atoms with E-state index in [1.807, 2.05) is 0 Å². The van der Waals surface area contributed by atoms with Gasteiger partial charge in [-0.3, -0.25) is 0 Å². The zero-order chi connectivity index (χ0) is 11.3. The second-order valence-corrected chi connectivity index (χ2v) is 3.91. The summed E-state index contributed by atoms with van der Waals surface area (Å²) in [5.74, 6) is 1.45. The molecule has 0 aliphatic carbocycles. The Kier molecular flexibility index (Phi) is 4.63. The van der Waals surface area contributed by atoms with Crippen molar-refractivity contribution < 1.29 is 4.74 Å². The standard InChI is InChI=1S/C13H21NO/c1-4-11-5-6-13(15-3)12(9-11)10(2)7-8-14/h5-6,9-10H,4,7-8,14H2,1-3H3. The predicted molar refractivity (Wildman–Crippen MR) is 64.5 cm³/mol. The first-order valence-corrected chi connectivity index (χ1v) is 5.59. The molecular formula is C13H21NO. The maximum atomic E-state index is 5.59. The van der Waals surface area contributed by atoms with Crippen LogP contribution in [0.2, 0.25) is 0 Å². The number of nitrogens with two attached hydrogens (primary N) is 1. The third-order valence-electron chi connectivity index (χ3n) is 2.83. The molecule has 1 rings (SSSR count). The monoisotopic (exact) mass is 207 g/mol. The van der Waals surface area contributed by atoms with Crippen molar-refractivity contribution in [2.24, 2.45) is 5.73 Å². The van der Waals surface area contributed by atoms with E-state index in [1.54, 1.807) is 7.11 Å². The fourth-order valence-corrected chi connectivity index (χ4v) is 1.79. The van der Waals surface area contributed by atoms with Gasteiger partial charge in [0.2, 0.25) is 0 Å². The zero-order valence-corrected chi connectivity index (χ0v) is 9.92. The van der Waals surface area contributed by atoms with Crippen molar-refractivity contribution >= 4 is 0 Å². The van der Waals surface area contributed by atoms with E-state index in [1.165, 1.54) is 11.1 Å². The van der Waals surface area contributed by atoms with Crippen LogP contribution in [0, 0.1) is 0 Å². The molecule has 0 radical (unpaired) electrons. The van der Waals surface area contributed by atoms with Crippen LogP contribution in [0.4, 0.5) is 0 Å². The van der Waals surface area contributed by atoms with Gasteiger partial charge in [0.05, 0.1) is 7.11 Å². The third-order valence-corrected chi connectivity index (χ3v) is 2.83. The smallest absolute Gasteiger partial charge is 0.122 e. The van der Waals surface area contributed by atoms with Gasteiger partial charge in [0.15, 0.2) is 0 Å². The molecule has 1 unspecified atom stereocenters. The molecule has 1 aromatic rings. The molecule has 0 bridgehead atoms. The third kappa shape index (κ3) is 2.96. The van der Waals surface area contributed by atoms with Crippen molar-refractivity contribution in [2.45, 2.75) is 32.6 Å². The summed E-state index contributed by atoms with van der Waals surface area (Å²) in [4.78, 5) is 0. The molecular weight excluding hydrogens is 186 g/mol. The van der Waals surface area contributed by atoms with Crippen LogP contribution in [0.25, 0.3) is 0 Å². The van der Waals surface area contributed by atoms with Gasteiger partial charge in [-0.1, -0.05) is 26.0 Å². The molecule has 0 aromatic heterocycles. The lowest BCUT2D eigenvalue weighted by molar-refractivity contribution is 0.405. The molecule has 0 saturated carbocycles. The Hall–Kier alpha value is -1.02. The summed E-state index contributed by atoms with van der Waals surface area (Å²) in [5.41, 5.74) is 8.22. The van der Waals surface area contributed by atoms with Crippen LogP contribution in [-0.2, 0) is 6.42 Å². The highest BCUT2D eigenvalue weighted by Crippen LogP contribution is 2.29. The average molecular weight is 207 g/mol. The molecule has 0 aliphatic heterocycles. The van der Waals surface area contributed by atoms with Gasteiger partial charge >= 0.3 is 0 Å². The Morgan fingerprint density at radius 1 is 1.40 bits per heavy atom. The lowest BCUT2D eigenvalue weighted by Crippen LogP contribution is -2.06. The van der Waals surface area contributed by atoms with Gasteiger partial charge in [0.25, 0.3) is 0 Å². The number of methoxy groups -OCH3 is 1. The highest BCUT2D eigenvalue weighted by Gasteiger charge is 2.11.